The zero-order valence-corrected chi connectivity index (χ0v) is 10.9. The Hall–Kier alpha value is -1.67. The quantitative estimate of drug-likeness (QED) is 0.882. The summed E-state index contributed by atoms with van der Waals surface area (Å²) in [6, 6.07) is 18.9. The molecule has 0 bridgehead atoms. The van der Waals surface area contributed by atoms with Crippen LogP contribution in [0.5, 0.6) is 0 Å². The molecule has 1 atom stereocenters. The number of hydrogen-bond acceptors (Lipinski definition) is 1. The Morgan fingerprint density at radius 3 is 1.84 bits per heavy atom. The van der Waals surface area contributed by atoms with Crippen LogP contribution in [0.2, 0.25) is 0 Å². The van der Waals surface area contributed by atoms with Crippen molar-refractivity contribution >= 4 is 0 Å². The molecule has 0 unspecified atom stereocenters. The van der Waals surface area contributed by atoms with Crippen molar-refractivity contribution in [2.24, 2.45) is 0 Å². The number of nitrogens with one attached hydrogen (secondary N) is 1. The molecule has 98 valence electrons. The van der Waals surface area contributed by atoms with Gasteiger partial charge in [-0.2, -0.15) is 0 Å². The van der Waals surface area contributed by atoms with Crippen LogP contribution in [0.1, 0.15) is 24.0 Å². The summed E-state index contributed by atoms with van der Waals surface area (Å²) in [5.41, 5.74) is 0.0279. The van der Waals surface area contributed by atoms with E-state index in [0.717, 1.165) is 30.5 Å². The normalized spacial score (nSPS) is 19.5. The molecule has 2 aromatic rings. The molecule has 1 saturated heterocycles. The zero-order chi connectivity index (χ0) is 13.1. The molecule has 1 aliphatic heterocycles. The highest BCUT2D eigenvalue weighted by atomic mass is 19.1. The fourth-order valence-corrected chi connectivity index (χ4v) is 2.95. The molecular weight excluding hydrogens is 237 g/mol. The van der Waals surface area contributed by atoms with E-state index in [-0.39, 0.29) is 6.04 Å². The summed E-state index contributed by atoms with van der Waals surface area (Å²) in [7, 11) is 0. The Balaban J connectivity index is 2.10. The number of rotatable bonds is 3. The van der Waals surface area contributed by atoms with E-state index in [2.05, 4.69) is 5.32 Å². The topological polar surface area (TPSA) is 12.0 Å². The van der Waals surface area contributed by atoms with Crippen LogP contribution in [0.25, 0.3) is 0 Å². The highest BCUT2D eigenvalue weighted by Crippen LogP contribution is 2.40. The van der Waals surface area contributed by atoms with E-state index in [1.54, 1.807) is 0 Å². The minimum atomic E-state index is -1.45. The SMILES string of the molecule is FC(c1ccccc1)(c1ccccc1)[C@@H]1CCCN1. The molecule has 0 saturated carbocycles. The van der Waals surface area contributed by atoms with E-state index in [1.165, 1.54) is 0 Å². The summed E-state index contributed by atoms with van der Waals surface area (Å²) in [5.74, 6) is 0. The minimum Gasteiger partial charge on any atom is -0.310 e. The van der Waals surface area contributed by atoms with E-state index < -0.39 is 5.67 Å². The van der Waals surface area contributed by atoms with E-state index in [9.17, 15) is 0 Å². The molecule has 0 aromatic heterocycles. The lowest BCUT2D eigenvalue weighted by Crippen LogP contribution is -2.42. The third-order valence-electron chi connectivity index (χ3n) is 3.93. The van der Waals surface area contributed by atoms with Crippen LogP contribution in [0.3, 0.4) is 0 Å². The molecule has 1 N–H and O–H groups in total. The molecule has 1 heterocycles. The van der Waals surface area contributed by atoms with Gasteiger partial charge in [-0.25, -0.2) is 4.39 Å². The molecule has 1 aliphatic rings. The molecule has 0 aliphatic carbocycles. The maximum atomic E-state index is 15.9. The molecule has 19 heavy (non-hydrogen) atoms. The first kappa shape index (κ1) is 12.4. The van der Waals surface area contributed by atoms with E-state index in [4.69, 9.17) is 0 Å². The van der Waals surface area contributed by atoms with Crippen LogP contribution in [0.15, 0.2) is 60.7 Å². The van der Waals surface area contributed by atoms with Gasteiger partial charge in [-0.05, 0) is 30.5 Å². The predicted octanol–water partition coefficient (Wildman–Crippen LogP) is 3.65. The van der Waals surface area contributed by atoms with Gasteiger partial charge in [0.05, 0.1) is 0 Å². The minimum absolute atomic E-state index is 0.141. The molecule has 1 fully saturated rings. The molecule has 0 amide bonds. The monoisotopic (exact) mass is 255 g/mol. The Kier molecular flexibility index (Phi) is 3.34. The van der Waals surface area contributed by atoms with Crippen LogP contribution >= 0.6 is 0 Å². The van der Waals surface area contributed by atoms with Gasteiger partial charge in [-0.1, -0.05) is 60.7 Å². The summed E-state index contributed by atoms with van der Waals surface area (Å²) in [6.07, 6.45) is 1.91. The van der Waals surface area contributed by atoms with Crippen LogP contribution in [-0.2, 0) is 5.67 Å². The fraction of sp³-hybridized carbons (Fsp3) is 0.294. The van der Waals surface area contributed by atoms with Gasteiger partial charge in [0, 0.05) is 6.04 Å². The third kappa shape index (κ3) is 2.17. The second-order valence-corrected chi connectivity index (χ2v) is 5.09. The van der Waals surface area contributed by atoms with Gasteiger partial charge in [0.15, 0.2) is 5.67 Å². The van der Waals surface area contributed by atoms with E-state index in [1.807, 2.05) is 60.7 Å². The van der Waals surface area contributed by atoms with Gasteiger partial charge in [0.25, 0.3) is 0 Å². The predicted molar refractivity (Wildman–Crippen MR) is 75.8 cm³/mol. The molecule has 3 rings (SSSR count). The summed E-state index contributed by atoms with van der Waals surface area (Å²) in [6.45, 7) is 0.899. The van der Waals surface area contributed by atoms with Crippen molar-refractivity contribution in [3.05, 3.63) is 71.8 Å². The average molecular weight is 255 g/mol. The molecule has 2 heteroatoms. The van der Waals surface area contributed by atoms with E-state index in [0.29, 0.717) is 0 Å². The van der Waals surface area contributed by atoms with Gasteiger partial charge >= 0.3 is 0 Å². The smallest absolute Gasteiger partial charge is 0.176 e. The second-order valence-electron chi connectivity index (χ2n) is 5.09. The summed E-state index contributed by atoms with van der Waals surface area (Å²) >= 11 is 0. The Morgan fingerprint density at radius 1 is 0.895 bits per heavy atom. The van der Waals surface area contributed by atoms with Crippen molar-refractivity contribution in [3.63, 3.8) is 0 Å². The number of hydrogen-bond donors (Lipinski definition) is 1. The highest BCUT2D eigenvalue weighted by molar-refractivity contribution is 5.38. The summed E-state index contributed by atoms with van der Waals surface area (Å²) in [5, 5.41) is 3.32. The Labute approximate surface area is 113 Å². The molecule has 2 aromatic carbocycles. The van der Waals surface area contributed by atoms with Gasteiger partial charge in [-0.15, -0.1) is 0 Å². The maximum Gasteiger partial charge on any atom is 0.176 e. The largest absolute Gasteiger partial charge is 0.310 e. The van der Waals surface area contributed by atoms with E-state index >= 15 is 4.39 Å². The van der Waals surface area contributed by atoms with Crippen molar-refractivity contribution in [3.8, 4) is 0 Å². The summed E-state index contributed by atoms with van der Waals surface area (Å²) < 4.78 is 15.9. The zero-order valence-electron chi connectivity index (χ0n) is 10.9. The summed E-state index contributed by atoms with van der Waals surface area (Å²) in [4.78, 5) is 0. The lowest BCUT2D eigenvalue weighted by molar-refractivity contribution is 0.163. The van der Waals surface area contributed by atoms with Crippen molar-refractivity contribution in [2.75, 3.05) is 6.54 Å². The molecular formula is C17H18FN. The van der Waals surface area contributed by atoms with Crippen molar-refractivity contribution < 1.29 is 4.39 Å². The first-order valence-corrected chi connectivity index (χ1v) is 6.85. The van der Waals surface area contributed by atoms with Crippen molar-refractivity contribution in [1.82, 2.24) is 5.32 Å². The number of benzene rings is 2. The van der Waals surface area contributed by atoms with Crippen LogP contribution in [0.4, 0.5) is 4.39 Å². The van der Waals surface area contributed by atoms with Gasteiger partial charge < -0.3 is 5.32 Å². The van der Waals surface area contributed by atoms with Gasteiger partial charge in [-0.3, -0.25) is 0 Å². The lowest BCUT2D eigenvalue weighted by Gasteiger charge is -2.32. The van der Waals surface area contributed by atoms with Crippen LogP contribution < -0.4 is 5.32 Å². The lowest BCUT2D eigenvalue weighted by atomic mass is 9.81. The van der Waals surface area contributed by atoms with Gasteiger partial charge in [0.1, 0.15) is 0 Å². The number of halogens is 1. The fourth-order valence-electron chi connectivity index (χ4n) is 2.95. The molecule has 0 spiro atoms. The van der Waals surface area contributed by atoms with Crippen molar-refractivity contribution in [1.29, 1.82) is 0 Å². The third-order valence-corrected chi connectivity index (χ3v) is 3.93. The number of alkyl halides is 1. The maximum absolute atomic E-state index is 15.9. The molecule has 0 radical (unpaired) electrons. The van der Waals surface area contributed by atoms with Crippen molar-refractivity contribution in [2.45, 2.75) is 24.6 Å². The van der Waals surface area contributed by atoms with Gasteiger partial charge in [0.2, 0.25) is 0 Å². The highest BCUT2D eigenvalue weighted by Gasteiger charge is 2.43. The first-order chi connectivity index (χ1) is 9.32. The molecule has 1 nitrogen and oxygen atoms in total. The first-order valence-electron chi connectivity index (χ1n) is 6.85. The average Bonchev–Trinajstić information content (AvgIpc) is 3.03. The Morgan fingerprint density at radius 2 is 1.42 bits per heavy atom. The van der Waals surface area contributed by atoms with Crippen LogP contribution in [-0.4, -0.2) is 12.6 Å². The second kappa shape index (κ2) is 5.14. The standard InChI is InChI=1S/C17H18FN/c18-17(16-12-7-13-19-16,14-8-3-1-4-9-14)15-10-5-2-6-11-15/h1-6,8-11,16,19H,7,12-13H2/t16-/m0/s1. The Bertz CT molecular complexity index is 478. The van der Waals surface area contributed by atoms with Crippen LogP contribution in [0, 0.1) is 0 Å².